The van der Waals surface area contributed by atoms with Gasteiger partial charge in [-0.2, -0.15) is 0 Å². The maximum atomic E-state index is 12.4. The lowest BCUT2D eigenvalue weighted by molar-refractivity contribution is 0.0735. The number of rotatable bonds is 2. The summed E-state index contributed by atoms with van der Waals surface area (Å²) < 4.78 is 16.4. The van der Waals surface area contributed by atoms with Crippen LogP contribution in [0.15, 0.2) is 54.7 Å². The van der Waals surface area contributed by atoms with Crippen molar-refractivity contribution in [1.29, 1.82) is 0 Å². The van der Waals surface area contributed by atoms with Gasteiger partial charge in [-0.1, -0.05) is 18.2 Å². The maximum Gasteiger partial charge on any atom is 0.343 e. The summed E-state index contributed by atoms with van der Waals surface area (Å²) in [6, 6.07) is 14.3. The Labute approximate surface area is 144 Å². The number of hydrogen-bond acceptors (Lipinski definition) is 5. The van der Waals surface area contributed by atoms with Gasteiger partial charge in [0, 0.05) is 11.6 Å². The van der Waals surface area contributed by atoms with Crippen LogP contribution in [0.25, 0.3) is 10.9 Å². The number of carbonyl (C=O) groups is 1. The lowest BCUT2D eigenvalue weighted by Gasteiger charge is -2.18. The van der Waals surface area contributed by atoms with Crippen LogP contribution in [0.1, 0.15) is 10.4 Å². The zero-order valence-electron chi connectivity index (χ0n) is 12.6. The molecule has 6 heteroatoms. The van der Waals surface area contributed by atoms with Crippen molar-refractivity contribution in [3.05, 3.63) is 60.3 Å². The summed E-state index contributed by atoms with van der Waals surface area (Å²) in [5, 5.41) is 0.917. The van der Waals surface area contributed by atoms with E-state index < -0.39 is 5.97 Å². The predicted molar refractivity (Wildman–Crippen MR) is 91.4 cm³/mol. The highest BCUT2D eigenvalue weighted by Crippen LogP contribution is 2.31. The van der Waals surface area contributed by atoms with Gasteiger partial charge in [-0.25, -0.2) is 4.79 Å². The molecule has 24 heavy (non-hydrogen) atoms. The van der Waals surface area contributed by atoms with E-state index in [1.54, 1.807) is 30.5 Å². The molecule has 2 heterocycles. The maximum absolute atomic E-state index is 12.4. The molecule has 0 spiro atoms. The van der Waals surface area contributed by atoms with E-state index in [4.69, 9.17) is 14.2 Å². The minimum absolute atomic E-state index is 0. The van der Waals surface area contributed by atoms with Crippen LogP contribution in [0.3, 0.4) is 0 Å². The van der Waals surface area contributed by atoms with E-state index in [0.29, 0.717) is 41.5 Å². The van der Waals surface area contributed by atoms with Crippen LogP contribution in [0, 0.1) is 0 Å². The molecule has 0 aliphatic carbocycles. The fourth-order valence-electron chi connectivity index (χ4n) is 2.49. The predicted octanol–water partition coefficient (Wildman–Crippen LogP) is 3.65. The fourth-order valence-corrected chi connectivity index (χ4v) is 2.49. The molecular weight excluding hydrogens is 330 g/mol. The Morgan fingerprint density at radius 3 is 2.67 bits per heavy atom. The molecule has 4 rings (SSSR count). The molecule has 5 nitrogen and oxygen atoms in total. The summed E-state index contributed by atoms with van der Waals surface area (Å²) >= 11 is 0. The first kappa shape index (κ1) is 16.1. The Kier molecular flexibility index (Phi) is 4.53. The third kappa shape index (κ3) is 2.98. The largest absolute Gasteiger partial charge is 0.486 e. The molecular formula is C18H14ClNO4. The number of halogens is 1. The smallest absolute Gasteiger partial charge is 0.343 e. The summed E-state index contributed by atoms with van der Waals surface area (Å²) in [5.74, 6) is 1.17. The summed E-state index contributed by atoms with van der Waals surface area (Å²) in [6.45, 7) is 0.983. The molecule has 2 aromatic carbocycles. The Morgan fingerprint density at radius 2 is 1.79 bits per heavy atom. The molecule has 0 saturated heterocycles. The topological polar surface area (TPSA) is 57.7 Å². The molecule has 0 bridgehead atoms. The number of nitrogens with zero attached hydrogens (tertiary/aromatic N) is 1. The molecule has 3 aromatic rings. The Hall–Kier alpha value is -2.79. The van der Waals surface area contributed by atoms with Crippen molar-refractivity contribution in [1.82, 2.24) is 4.98 Å². The highest BCUT2D eigenvalue weighted by atomic mass is 35.5. The molecule has 0 atom stereocenters. The van der Waals surface area contributed by atoms with E-state index in [1.807, 2.05) is 24.3 Å². The molecule has 0 amide bonds. The molecule has 1 aliphatic rings. The first-order valence-corrected chi connectivity index (χ1v) is 7.27. The van der Waals surface area contributed by atoms with Gasteiger partial charge in [0.1, 0.15) is 18.7 Å². The van der Waals surface area contributed by atoms with E-state index in [1.165, 1.54) is 0 Å². The SMILES string of the molecule is Cl.O=C(Oc1cccc2cccnc12)c1ccc2c(c1)OCCO2. The Bertz CT molecular complexity index is 892. The summed E-state index contributed by atoms with van der Waals surface area (Å²) in [6.07, 6.45) is 1.67. The summed E-state index contributed by atoms with van der Waals surface area (Å²) in [4.78, 5) is 16.7. The molecule has 0 fully saturated rings. The van der Waals surface area contributed by atoms with Crippen LogP contribution >= 0.6 is 12.4 Å². The normalized spacial score (nSPS) is 12.3. The average Bonchev–Trinajstić information content (AvgIpc) is 2.61. The van der Waals surface area contributed by atoms with E-state index in [9.17, 15) is 4.79 Å². The highest BCUT2D eigenvalue weighted by molar-refractivity contribution is 5.94. The van der Waals surface area contributed by atoms with Crippen molar-refractivity contribution in [2.75, 3.05) is 13.2 Å². The Balaban J connectivity index is 0.00000169. The van der Waals surface area contributed by atoms with E-state index in [-0.39, 0.29) is 12.4 Å². The van der Waals surface area contributed by atoms with Gasteiger partial charge >= 0.3 is 5.97 Å². The minimum Gasteiger partial charge on any atom is -0.486 e. The van der Waals surface area contributed by atoms with Gasteiger partial charge in [0.15, 0.2) is 17.2 Å². The standard InChI is InChI=1S/C18H13NO4.ClH/c20-18(13-6-7-14-16(11-13)22-10-9-21-14)23-15-5-1-3-12-4-2-8-19-17(12)15;/h1-8,11H,9-10H2;1H. The number of carbonyl (C=O) groups excluding carboxylic acids is 1. The number of para-hydroxylation sites is 1. The van der Waals surface area contributed by atoms with Gasteiger partial charge in [-0.05, 0) is 30.3 Å². The van der Waals surface area contributed by atoms with Gasteiger partial charge in [-0.15, -0.1) is 12.4 Å². The molecule has 1 aliphatic heterocycles. The van der Waals surface area contributed by atoms with E-state index >= 15 is 0 Å². The molecule has 0 N–H and O–H groups in total. The van der Waals surface area contributed by atoms with Crippen LogP contribution in [0.5, 0.6) is 17.2 Å². The first-order valence-electron chi connectivity index (χ1n) is 7.27. The number of benzene rings is 2. The molecule has 122 valence electrons. The second kappa shape index (κ2) is 6.76. The van der Waals surface area contributed by atoms with E-state index in [2.05, 4.69) is 4.98 Å². The number of pyridine rings is 1. The minimum atomic E-state index is -0.458. The monoisotopic (exact) mass is 343 g/mol. The zero-order valence-corrected chi connectivity index (χ0v) is 13.4. The van der Waals surface area contributed by atoms with Crippen molar-refractivity contribution >= 4 is 29.3 Å². The van der Waals surface area contributed by atoms with Gasteiger partial charge in [0.05, 0.1) is 5.56 Å². The van der Waals surface area contributed by atoms with Crippen LogP contribution in [0.2, 0.25) is 0 Å². The first-order chi connectivity index (χ1) is 11.3. The third-order valence-electron chi connectivity index (χ3n) is 3.58. The van der Waals surface area contributed by atoms with Crippen LogP contribution in [-0.4, -0.2) is 24.2 Å². The Morgan fingerprint density at radius 1 is 1.00 bits per heavy atom. The lowest BCUT2D eigenvalue weighted by atomic mass is 10.2. The molecule has 0 unspecified atom stereocenters. The van der Waals surface area contributed by atoms with Crippen molar-refractivity contribution in [3.8, 4) is 17.2 Å². The van der Waals surface area contributed by atoms with Gasteiger partial charge in [0.25, 0.3) is 0 Å². The average molecular weight is 344 g/mol. The molecule has 0 saturated carbocycles. The second-order valence-corrected chi connectivity index (χ2v) is 5.08. The van der Waals surface area contributed by atoms with Crippen molar-refractivity contribution < 1.29 is 19.0 Å². The molecule has 1 aromatic heterocycles. The van der Waals surface area contributed by atoms with Crippen LogP contribution in [0.4, 0.5) is 0 Å². The van der Waals surface area contributed by atoms with Crippen LogP contribution < -0.4 is 14.2 Å². The van der Waals surface area contributed by atoms with Crippen molar-refractivity contribution in [2.24, 2.45) is 0 Å². The zero-order chi connectivity index (χ0) is 15.6. The van der Waals surface area contributed by atoms with Crippen molar-refractivity contribution in [3.63, 3.8) is 0 Å². The second-order valence-electron chi connectivity index (χ2n) is 5.08. The number of esters is 1. The molecule has 0 radical (unpaired) electrons. The highest BCUT2D eigenvalue weighted by Gasteiger charge is 2.17. The van der Waals surface area contributed by atoms with Gasteiger partial charge in [0.2, 0.25) is 0 Å². The third-order valence-corrected chi connectivity index (χ3v) is 3.58. The van der Waals surface area contributed by atoms with Gasteiger partial charge in [-0.3, -0.25) is 4.98 Å². The van der Waals surface area contributed by atoms with E-state index in [0.717, 1.165) is 5.39 Å². The van der Waals surface area contributed by atoms with Gasteiger partial charge < -0.3 is 14.2 Å². The number of ether oxygens (including phenoxy) is 3. The van der Waals surface area contributed by atoms with Crippen molar-refractivity contribution in [2.45, 2.75) is 0 Å². The summed E-state index contributed by atoms with van der Waals surface area (Å²) in [5.41, 5.74) is 1.06. The fraction of sp³-hybridized carbons (Fsp3) is 0.111. The lowest BCUT2D eigenvalue weighted by Crippen LogP contribution is -2.16. The summed E-state index contributed by atoms with van der Waals surface area (Å²) in [7, 11) is 0. The number of hydrogen-bond donors (Lipinski definition) is 0. The number of fused-ring (bicyclic) bond motifs is 2. The van der Waals surface area contributed by atoms with Crippen LogP contribution in [-0.2, 0) is 0 Å². The number of aromatic nitrogens is 1. The quantitative estimate of drug-likeness (QED) is 0.525.